The van der Waals surface area contributed by atoms with Crippen molar-refractivity contribution in [1.82, 2.24) is 0 Å². The van der Waals surface area contributed by atoms with Crippen LogP contribution in [0, 0.1) is 5.92 Å². The van der Waals surface area contributed by atoms with Crippen molar-refractivity contribution in [3.05, 3.63) is 0 Å². The van der Waals surface area contributed by atoms with Crippen LogP contribution in [0.4, 0.5) is 0 Å². The van der Waals surface area contributed by atoms with Crippen molar-refractivity contribution >= 4 is 25.8 Å². The average Bonchev–Trinajstić information content (AvgIpc) is 1.38. The fraction of sp³-hybridized carbons (Fsp3) is 1.00. The predicted octanol–water partition coefficient (Wildman–Crippen LogP) is -0.549. The van der Waals surface area contributed by atoms with Gasteiger partial charge in [0.2, 0.25) is 0 Å². The second kappa shape index (κ2) is 5.83. The third-order valence-electron chi connectivity index (χ3n) is 0.365. The van der Waals surface area contributed by atoms with E-state index in [0.717, 1.165) is 0 Å². The minimum absolute atomic E-state index is 0. The zero-order chi connectivity index (χ0) is 4.28. The van der Waals surface area contributed by atoms with Crippen molar-refractivity contribution < 1.29 is 5.11 Å². The molecule has 0 saturated heterocycles. The molecule has 1 nitrogen and oxygen atoms in total. The van der Waals surface area contributed by atoms with Crippen LogP contribution in [0.5, 0.6) is 0 Å². The van der Waals surface area contributed by atoms with Crippen molar-refractivity contribution in [2.75, 3.05) is 6.61 Å². The van der Waals surface area contributed by atoms with Gasteiger partial charge in [-0.3, -0.25) is 0 Å². The summed E-state index contributed by atoms with van der Waals surface area (Å²) < 4.78 is 0. The van der Waals surface area contributed by atoms with Crippen LogP contribution < -0.4 is 0 Å². The van der Waals surface area contributed by atoms with E-state index in [1.807, 2.05) is 13.8 Å². The van der Waals surface area contributed by atoms with Crippen molar-refractivity contribution in [2.45, 2.75) is 13.8 Å². The van der Waals surface area contributed by atoms with Gasteiger partial charge in [0.15, 0.2) is 0 Å². The summed E-state index contributed by atoms with van der Waals surface area (Å²) in [4.78, 5) is 0. The molecule has 0 saturated carbocycles. The Morgan fingerprint density at radius 1 is 1.50 bits per heavy atom. The first-order valence-electron chi connectivity index (χ1n) is 1.88. The Hall–Kier alpha value is 0.830. The third-order valence-corrected chi connectivity index (χ3v) is 0.365. The molecule has 0 bridgehead atoms. The van der Waals surface area contributed by atoms with E-state index in [9.17, 15) is 0 Å². The Kier molecular flexibility index (Phi) is 9.67. The van der Waals surface area contributed by atoms with Gasteiger partial charge in [-0.05, 0) is 5.92 Å². The zero-order valence-corrected chi connectivity index (χ0v) is 3.73. The summed E-state index contributed by atoms with van der Waals surface area (Å²) >= 11 is 0. The van der Waals surface area contributed by atoms with Crippen LogP contribution in [0.25, 0.3) is 0 Å². The van der Waals surface area contributed by atoms with Crippen LogP contribution in [0.15, 0.2) is 0 Å². The van der Waals surface area contributed by atoms with Gasteiger partial charge in [0, 0.05) is 6.61 Å². The molecule has 38 valence electrons. The van der Waals surface area contributed by atoms with E-state index in [1.165, 1.54) is 0 Å². The maximum absolute atomic E-state index is 8.14. The topological polar surface area (TPSA) is 20.2 Å². The van der Waals surface area contributed by atoms with E-state index in [-0.39, 0.29) is 25.8 Å². The van der Waals surface area contributed by atoms with Crippen LogP contribution in [-0.2, 0) is 0 Å². The molecule has 0 aromatic carbocycles. The Bertz CT molecular complexity index is 21.5. The molecule has 0 aromatic rings. The van der Waals surface area contributed by atoms with E-state index >= 15 is 0 Å². The monoisotopic (exact) mass is 192 g/mol. The summed E-state index contributed by atoms with van der Waals surface area (Å²) in [6.07, 6.45) is 0. The van der Waals surface area contributed by atoms with Gasteiger partial charge < -0.3 is 5.11 Å². The van der Waals surface area contributed by atoms with E-state index < -0.39 is 0 Å². The van der Waals surface area contributed by atoms with Crippen molar-refractivity contribution in [3.63, 3.8) is 0 Å². The predicted molar refractivity (Wildman–Crippen MR) is 31.9 cm³/mol. The maximum atomic E-state index is 8.14. The minimum atomic E-state index is 0. The van der Waals surface area contributed by atoms with Gasteiger partial charge in [-0.25, -0.2) is 0 Å². The second-order valence-electron chi connectivity index (χ2n) is 1.58. The van der Waals surface area contributed by atoms with Crippen LogP contribution in [0.2, 0.25) is 0 Å². The Labute approximate surface area is 57.5 Å². The first-order valence-corrected chi connectivity index (χ1v) is 1.88. The molecule has 0 aromatic heterocycles. The summed E-state index contributed by atoms with van der Waals surface area (Å²) in [5, 5.41) is 8.14. The van der Waals surface area contributed by atoms with Gasteiger partial charge in [0.05, 0.1) is 0 Å². The summed E-state index contributed by atoms with van der Waals surface area (Å²) in [7, 11) is 0. The van der Waals surface area contributed by atoms with E-state index in [2.05, 4.69) is 0 Å². The second-order valence-corrected chi connectivity index (χ2v) is 1.58. The van der Waals surface area contributed by atoms with Crippen LogP contribution >= 0.6 is 0 Å². The average molecular weight is 192 g/mol. The Balaban J connectivity index is 0. The molecular formula is C4H13InO. The molecule has 0 aliphatic rings. The molecule has 0 aliphatic heterocycles. The van der Waals surface area contributed by atoms with E-state index in [0.29, 0.717) is 12.5 Å². The van der Waals surface area contributed by atoms with Crippen molar-refractivity contribution in [2.24, 2.45) is 5.92 Å². The summed E-state index contributed by atoms with van der Waals surface area (Å²) in [6.45, 7) is 4.25. The molecule has 1 N–H and O–H groups in total. The van der Waals surface area contributed by atoms with Gasteiger partial charge in [0.25, 0.3) is 0 Å². The number of hydrogen-bond donors (Lipinski definition) is 1. The van der Waals surface area contributed by atoms with Gasteiger partial charge in [-0.2, -0.15) is 0 Å². The Morgan fingerprint density at radius 3 is 1.67 bits per heavy atom. The summed E-state index contributed by atoms with van der Waals surface area (Å²) in [5.41, 5.74) is 0. The van der Waals surface area contributed by atoms with Crippen LogP contribution in [0.1, 0.15) is 13.8 Å². The molecule has 0 spiro atoms. The standard InChI is InChI=1S/C4H10O.In.3H/c1-4(2)3-5;;;;/h4-5H,3H2,1-2H3;;;;. The fourth-order valence-corrected chi connectivity index (χ4v) is 0. The van der Waals surface area contributed by atoms with Crippen molar-refractivity contribution in [3.8, 4) is 0 Å². The van der Waals surface area contributed by atoms with Gasteiger partial charge in [0.1, 0.15) is 0 Å². The molecule has 0 atom stereocenters. The molecule has 6 heavy (non-hydrogen) atoms. The van der Waals surface area contributed by atoms with Crippen LogP contribution in [0.3, 0.4) is 0 Å². The van der Waals surface area contributed by atoms with Crippen molar-refractivity contribution in [1.29, 1.82) is 0 Å². The van der Waals surface area contributed by atoms with Gasteiger partial charge in [-0.15, -0.1) is 0 Å². The molecule has 0 rings (SSSR count). The SMILES string of the molecule is CC(C)CO.[InH3]. The van der Waals surface area contributed by atoms with E-state index in [1.54, 1.807) is 0 Å². The molecule has 0 fully saturated rings. The number of aliphatic hydroxyl groups is 1. The number of rotatable bonds is 1. The molecular weight excluding hydrogens is 179 g/mol. The fourth-order valence-electron chi connectivity index (χ4n) is 0. The van der Waals surface area contributed by atoms with Gasteiger partial charge in [-0.1, -0.05) is 13.8 Å². The number of aliphatic hydroxyl groups excluding tert-OH is 1. The summed E-state index contributed by atoms with van der Waals surface area (Å²) in [6, 6.07) is 0. The third kappa shape index (κ3) is 8.85. The van der Waals surface area contributed by atoms with E-state index in [4.69, 9.17) is 5.11 Å². The molecule has 0 amide bonds. The molecule has 0 radical (unpaired) electrons. The molecule has 0 heterocycles. The Morgan fingerprint density at radius 2 is 1.67 bits per heavy atom. The summed E-state index contributed by atoms with van der Waals surface area (Å²) in [5.74, 6) is 0.440. The van der Waals surface area contributed by atoms with Gasteiger partial charge >= 0.3 is 25.8 Å². The number of hydrogen-bond acceptors (Lipinski definition) is 1. The first kappa shape index (κ1) is 9.95. The molecule has 0 aliphatic carbocycles. The molecule has 0 unspecified atom stereocenters. The zero-order valence-electron chi connectivity index (χ0n) is 3.73. The molecule has 2 heteroatoms. The normalized spacial score (nSPS) is 8.00. The van der Waals surface area contributed by atoms with Crippen LogP contribution in [-0.4, -0.2) is 37.6 Å². The quantitative estimate of drug-likeness (QED) is 0.590. The first-order chi connectivity index (χ1) is 2.27.